The second-order valence-corrected chi connectivity index (χ2v) is 5.21. The monoisotopic (exact) mass is 328 g/mol. The van der Waals surface area contributed by atoms with E-state index in [0.717, 1.165) is 5.56 Å². The number of furan rings is 1. The Morgan fingerprint density at radius 2 is 2.04 bits per heavy atom. The average molecular weight is 328 g/mol. The van der Waals surface area contributed by atoms with Gasteiger partial charge in [-0.05, 0) is 35.9 Å². The summed E-state index contributed by atoms with van der Waals surface area (Å²) in [5.41, 5.74) is 0.821. The minimum atomic E-state index is -0.317. The van der Waals surface area contributed by atoms with Gasteiger partial charge in [-0.1, -0.05) is 12.1 Å². The molecule has 0 fully saturated rings. The van der Waals surface area contributed by atoms with Crippen molar-refractivity contribution in [3.8, 4) is 0 Å². The number of carbonyl (C=O) groups excluding carboxylic acids is 1. The summed E-state index contributed by atoms with van der Waals surface area (Å²) in [6.45, 7) is 0.643. The third kappa shape index (κ3) is 4.01. The lowest BCUT2D eigenvalue weighted by atomic mass is 10.2. The molecule has 1 atom stereocenters. The first kappa shape index (κ1) is 15.8. The molecule has 24 heavy (non-hydrogen) atoms. The largest absolute Gasteiger partial charge is 0.467 e. The fraction of sp³-hybridized carbons (Fsp3) is 0.176. The van der Waals surface area contributed by atoms with Crippen LogP contribution in [0.15, 0.2) is 65.5 Å². The maximum Gasteiger partial charge on any atom is 0.315 e. The molecule has 0 unspecified atom stereocenters. The second-order valence-electron chi connectivity index (χ2n) is 5.21. The number of rotatable bonds is 6. The zero-order valence-corrected chi connectivity index (χ0v) is 12.9. The van der Waals surface area contributed by atoms with Gasteiger partial charge < -0.3 is 15.1 Å². The molecule has 1 aromatic carbocycles. The summed E-state index contributed by atoms with van der Waals surface area (Å²) in [6, 6.07) is 10.9. The van der Waals surface area contributed by atoms with E-state index >= 15 is 0 Å². The van der Waals surface area contributed by atoms with Crippen molar-refractivity contribution in [3.05, 3.63) is 78.3 Å². The van der Waals surface area contributed by atoms with E-state index in [4.69, 9.17) is 4.42 Å². The number of hydrogen-bond acceptors (Lipinski definition) is 3. The van der Waals surface area contributed by atoms with Crippen LogP contribution >= 0.6 is 0 Å². The SMILES string of the molecule is O=C(NCc1ccc(F)cc1)NC[C@@H](c1ccco1)n1cccn1. The Balaban J connectivity index is 1.54. The smallest absolute Gasteiger partial charge is 0.315 e. The standard InChI is InChI=1S/C17H17FN4O2/c18-14-6-4-13(5-7-14)11-19-17(23)20-12-15(16-3-1-10-24-16)22-9-2-8-21-22/h1-10,15H,11-12H2,(H2,19,20,23)/t15-/m0/s1. The lowest BCUT2D eigenvalue weighted by Crippen LogP contribution is -2.38. The minimum absolute atomic E-state index is 0.230. The quantitative estimate of drug-likeness (QED) is 0.731. The summed E-state index contributed by atoms with van der Waals surface area (Å²) in [5.74, 6) is 0.404. The summed E-state index contributed by atoms with van der Waals surface area (Å²) < 4.78 is 20.0. The summed E-state index contributed by atoms with van der Waals surface area (Å²) >= 11 is 0. The van der Waals surface area contributed by atoms with Crippen molar-refractivity contribution in [2.24, 2.45) is 0 Å². The van der Waals surface area contributed by atoms with Gasteiger partial charge in [-0.15, -0.1) is 0 Å². The number of urea groups is 1. The maximum absolute atomic E-state index is 12.8. The van der Waals surface area contributed by atoms with Crippen molar-refractivity contribution >= 4 is 6.03 Å². The van der Waals surface area contributed by atoms with Gasteiger partial charge in [0, 0.05) is 25.5 Å². The van der Waals surface area contributed by atoms with Gasteiger partial charge in [0.2, 0.25) is 0 Å². The first-order valence-corrected chi connectivity index (χ1v) is 7.51. The molecule has 0 aliphatic carbocycles. The van der Waals surface area contributed by atoms with E-state index in [1.54, 1.807) is 35.3 Å². The number of aromatic nitrogens is 2. The fourth-order valence-corrected chi connectivity index (χ4v) is 2.31. The van der Waals surface area contributed by atoms with Crippen molar-refractivity contribution in [3.63, 3.8) is 0 Å². The molecule has 0 saturated carbocycles. The molecule has 0 bridgehead atoms. The lowest BCUT2D eigenvalue weighted by molar-refractivity contribution is 0.238. The van der Waals surface area contributed by atoms with Crippen molar-refractivity contribution < 1.29 is 13.6 Å². The van der Waals surface area contributed by atoms with Gasteiger partial charge in [0.15, 0.2) is 0 Å². The number of carbonyl (C=O) groups is 1. The van der Waals surface area contributed by atoms with Crippen LogP contribution in [0.1, 0.15) is 17.4 Å². The molecular formula is C17H17FN4O2. The van der Waals surface area contributed by atoms with Gasteiger partial charge in [-0.3, -0.25) is 4.68 Å². The molecule has 3 aromatic rings. The zero-order chi connectivity index (χ0) is 16.8. The van der Waals surface area contributed by atoms with Crippen LogP contribution in [0.2, 0.25) is 0 Å². The predicted molar refractivity (Wildman–Crippen MR) is 85.7 cm³/mol. The van der Waals surface area contributed by atoms with Crippen LogP contribution in [-0.4, -0.2) is 22.4 Å². The molecule has 2 aromatic heterocycles. The van der Waals surface area contributed by atoms with E-state index in [-0.39, 0.29) is 17.9 Å². The molecule has 7 heteroatoms. The van der Waals surface area contributed by atoms with Gasteiger partial charge in [0.1, 0.15) is 17.6 Å². The highest BCUT2D eigenvalue weighted by Crippen LogP contribution is 2.17. The van der Waals surface area contributed by atoms with Gasteiger partial charge in [0.05, 0.1) is 6.26 Å². The third-order valence-electron chi connectivity index (χ3n) is 3.54. The van der Waals surface area contributed by atoms with Gasteiger partial charge in [-0.25, -0.2) is 9.18 Å². The van der Waals surface area contributed by atoms with Crippen LogP contribution in [0.25, 0.3) is 0 Å². The van der Waals surface area contributed by atoms with Gasteiger partial charge >= 0.3 is 6.03 Å². The van der Waals surface area contributed by atoms with Crippen molar-refractivity contribution in [2.45, 2.75) is 12.6 Å². The number of halogens is 1. The molecule has 6 nitrogen and oxygen atoms in total. The maximum atomic E-state index is 12.8. The van der Waals surface area contributed by atoms with Crippen molar-refractivity contribution in [1.82, 2.24) is 20.4 Å². The Labute approximate surface area is 138 Å². The summed E-state index contributed by atoms with van der Waals surface area (Å²) in [5, 5.41) is 9.73. The highest BCUT2D eigenvalue weighted by molar-refractivity contribution is 5.73. The van der Waals surface area contributed by atoms with Crippen LogP contribution in [0.5, 0.6) is 0 Å². The number of nitrogens with zero attached hydrogens (tertiary/aromatic N) is 2. The van der Waals surface area contributed by atoms with Gasteiger partial charge in [0.25, 0.3) is 0 Å². The molecule has 2 N–H and O–H groups in total. The van der Waals surface area contributed by atoms with E-state index in [0.29, 0.717) is 18.8 Å². The van der Waals surface area contributed by atoms with E-state index in [2.05, 4.69) is 15.7 Å². The van der Waals surface area contributed by atoms with Crippen LogP contribution < -0.4 is 10.6 Å². The normalized spacial score (nSPS) is 11.9. The van der Waals surface area contributed by atoms with Crippen molar-refractivity contribution in [1.29, 1.82) is 0 Å². The molecular weight excluding hydrogens is 311 g/mol. The predicted octanol–water partition coefficient (Wildman–Crippen LogP) is 2.70. The summed E-state index contributed by atoms with van der Waals surface area (Å²) in [7, 11) is 0. The molecule has 3 rings (SSSR count). The van der Waals surface area contributed by atoms with Crippen LogP contribution in [0.3, 0.4) is 0 Å². The number of hydrogen-bond donors (Lipinski definition) is 2. The molecule has 0 spiro atoms. The molecule has 0 aliphatic rings. The number of benzene rings is 1. The summed E-state index contributed by atoms with van der Waals surface area (Å²) in [6.07, 6.45) is 5.07. The highest BCUT2D eigenvalue weighted by Gasteiger charge is 2.17. The van der Waals surface area contributed by atoms with E-state index < -0.39 is 0 Å². The number of amides is 2. The van der Waals surface area contributed by atoms with Gasteiger partial charge in [-0.2, -0.15) is 5.10 Å². The first-order valence-electron chi connectivity index (χ1n) is 7.51. The highest BCUT2D eigenvalue weighted by atomic mass is 19.1. The Kier molecular flexibility index (Phi) is 4.90. The van der Waals surface area contributed by atoms with E-state index in [1.807, 2.05) is 18.3 Å². The molecule has 0 radical (unpaired) electrons. The van der Waals surface area contributed by atoms with Crippen LogP contribution in [0, 0.1) is 5.82 Å². The third-order valence-corrected chi connectivity index (χ3v) is 3.54. The van der Waals surface area contributed by atoms with E-state index in [9.17, 15) is 9.18 Å². The molecule has 0 saturated heterocycles. The second kappa shape index (κ2) is 7.45. The van der Waals surface area contributed by atoms with Crippen LogP contribution in [0.4, 0.5) is 9.18 Å². The van der Waals surface area contributed by atoms with E-state index in [1.165, 1.54) is 12.1 Å². The Morgan fingerprint density at radius 3 is 2.71 bits per heavy atom. The molecule has 124 valence electrons. The van der Waals surface area contributed by atoms with Crippen molar-refractivity contribution in [2.75, 3.05) is 6.54 Å². The van der Waals surface area contributed by atoms with Crippen LogP contribution in [-0.2, 0) is 6.54 Å². The molecule has 2 amide bonds. The molecule has 2 heterocycles. The Bertz CT molecular complexity index is 720. The Hall–Kier alpha value is -3.09. The topological polar surface area (TPSA) is 72.1 Å². The lowest BCUT2D eigenvalue weighted by Gasteiger charge is -2.16. The Morgan fingerprint density at radius 1 is 1.21 bits per heavy atom. The molecule has 0 aliphatic heterocycles. The number of nitrogens with one attached hydrogen (secondary N) is 2. The first-order chi connectivity index (χ1) is 11.7. The summed E-state index contributed by atoms with van der Waals surface area (Å²) in [4.78, 5) is 12.0. The average Bonchev–Trinajstić information content (AvgIpc) is 3.29. The zero-order valence-electron chi connectivity index (χ0n) is 12.9. The fourth-order valence-electron chi connectivity index (χ4n) is 2.31. The minimum Gasteiger partial charge on any atom is -0.467 e.